The Bertz CT molecular complexity index is 638. The number of nitrogens with one attached hydrogen (secondary N) is 2. The lowest BCUT2D eigenvalue weighted by Crippen LogP contribution is -2.51. The zero-order chi connectivity index (χ0) is 17.9. The second-order valence-corrected chi connectivity index (χ2v) is 7.24. The van der Waals surface area contributed by atoms with Crippen molar-refractivity contribution in [2.75, 3.05) is 13.2 Å². The zero-order valence-corrected chi connectivity index (χ0v) is 14.7. The van der Waals surface area contributed by atoms with Gasteiger partial charge in [-0.05, 0) is 25.0 Å². The number of hydrogen-bond donors (Lipinski definition) is 2. The Morgan fingerprint density at radius 2 is 1.81 bits per heavy atom. The maximum absolute atomic E-state index is 13.8. The molecule has 7 heteroatoms. The van der Waals surface area contributed by atoms with Gasteiger partial charge in [0.2, 0.25) is 0 Å². The van der Waals surface area contributed by atoms with E-state index in [-0.39, 0.29) is 42.2 Å². The van der Waals surface area contributed by atoms with Gasteiger partial charge in [-0.25, -0.2) is 9.18 Å². The number of ether oxygens (including phenoxy) is 3. The molecular weight excluding hydrogens is 339 g/mol. The van der Waals surface area contributed by atoms with Gasteiger partial charge in [-0.2, -0.15) is 0 Å². The number of amides is 2. The van der Waals surface area contributed by atoms with Crippen LogP contribution >= 0.6 is 0 Å². The van der Waals surface area contributed by atoms with Crippen molar-refractivity contribution in [3.8, 4) is 5.75 Å². The molecule has 0 aromatic heterocycles. The fourth-order valence-corrected chi connectivity index (χ4v) is 4.03. The first kappa shape index (κ1) is 17.5. The van der Waals surface area contributed by atoms with Crippen molar-refractivity contribution in [2.45, 2.75) is 62.5 Å². The van der Waals surface area contributed by atoms with E-state index in [4.69, 9.17) is 14.2 Å². The summed E-state index contributed by atoms with van der Waals surface area (Å²) in [6.07, 6.45) is 4.69. The molecule has 0 radical (unpaired) electrons. The van der Waals surface area contributed by atoms with Crippen LogP contribution in [0.15, 0.2) is 24.3 Å². The number of hydrogen-bond acceptors (Lipinski definition) is 4. The van der Waals surface area contributed by atoms with Crippen LogP contribution in [0.1, 0.15) is 32.1 Å². The van der Waals surface area contributed by atoms with E-state index in [0.29, 0.717) is 13.2 Å². The van der Waals surface area contributed by atoms with Crippen molar-refractivity contribution in [1.82, 2.24) is 10.6 Å². The van der Waals surface area contributed by atoms with Crippen molar-refractivity contribution < 1.29 is 23.4 Å². The number of carbonyl (C=O) groups excluding carboxylic acids is 1. The molecule has 26 heavy (non-hydrogen) atoms. The van der Waals surface area contributed by atoms with Gasteiger partial charge >= 0.3 is 6.03 Å². The molecule has 142 valence electrons. The van der Waals surface area contributed by atoms with Gasteiger partial charge in [0.1, 0.15) is 12.2 Å². The molecule has 0 unspecified atom stereocenters. The molecule has 4 rings (SSSR count). The van der Waals surface area contributed by atoms with Crippen LogP contribution < -0.4 is 15.4 Å². The molecule has 1 aliphatic carbocycles. The van der Waals surface area contributed by atoms with Gasteiger partial charge in [-0.3, -0.25) is 0 Å². The molecule has 2 amide bonds. The fourth-order valence-electron chi connectivity index (χ4n) is 4.03. The van der Waals surface area contributed by atoms with Gasteiger partial charge in [0.25, 0.3) is 0 Å². The van der Waals surface area contributed by atoms with E-state index >= 15 is 0 Å². The lowest BCUT2D eigenvalue weighted by atomic mass is 9.96. The Hall–Kier alpha value is -1.86. The highest BCUT2D eigenvalue weighted by atomic mass is 19.1. The molecule has 2 N–H and O–H groups in total. The Kier molecular flexibility index (Phi) is 5.26. The first-order chi connectivity index (χ1) is 12.7. The highest BCUT2D eigenvalue weighted by Gasteiger charge is 2.49. The van der Waals surface area contributed by atoms with Crippen LogP contribution in [0, 0.1) is 5.82 Å². The quantitative estimate of drug-likeness (QED) is 0.861. The Labute approximate surface area is 152 Å². The number of para-hydroxylation sites is 1. The molecule has 1 aromatic rings. The molecule has 2 saturated heterocycles. The van der Waals surface area contributed by atoms with E-state index < -0.39 is 5.82 Å². The van der Waals surface area contributed by atoms with Crippen LogP contribution in [0.25, 0.3) is 0 Å². The number of halogens is 1. The second kappa shape index (κ2) is 7.80. The lowest BCUT2D eigenvalue weighted by molar-refractivity contribution is 0.0287. The SMILES string of the molecule is O=C(NC1CCCCC1)N[C@H]1CO[C@H]2[C@@H]1OC[C@@H]2Oc1ccccc1F. The first-order valence-corrected chi connectivity index (χ1v) is 9.42. The maximum Gasteiger partial charge on any atom is 0.315 e. The average Bonchev–Trinajstić information content (AvgIpc) is 3.21. The smallest absolute Gasteiger partial charge is 0.315 e. The standard InChI is InChI=1S/C19H25FN2O4/c20-13-8-4-5-9-15(13)26-16-11-25-17-14(10-24-18(16)17)22-19(23)21-12-6-2-1-3-7-12/h4-5,8-9,12,14,16-18H,1-3,6-7,10-11H2,(H2,21,22,23)/t14-,16-,17+,18+/m0/s1. The van der Waals surface area contributed by atoms with Crippen LogP contribution in [-0.2, 0) is 9.47 Å². The number of urea groups is 1. The topological polar surface area (TPSA) is 68.8 Å². The normalized spacial score (nSPS) is 31.4. The van der Waals surface area contributed by atoms with E-state index in [1.165, 1.54) is 25.3 Å². The molecule has 0 spiro atoms. The molecule has 2 aliphatic heterocycles. The third kappa shape index (κ3) is 3.78. The van der Waals surface area contributed by atoms with Crippen molar-refractivity contribution in [2.24, 2.45) is 0 Å². The molecule has 0 bridgehead atoms. The Morgan fingerprint density at radius 3 is 2.62 bits per heavy atom. The fraction of sp³-hybridized carbons (Fsp3) is 0.632. The molecule has 3 fully saturated rings. The molecular formula is C19H25FN2O4. The predicted octanol–water partition coefficient (Wildman–Crippen LogP) is 2.37. The van der Waals surface area contributed by atoms with E-state index in [0.717, 1.165) is 12.8 Å². The number of benzene rings is 1. The predicted molar refractivity (Wildman–Crippen MR) is 92.6 cm³/mol. The van der Waals surface area contributed by atoms with Gasteiger partial charge in [-0.15, -0.1) is 0 Å². The van der Waals surface area contributed by atoms with E-state index in [9.17, 15) is 9.18 Å². The summed E-state index contributed by atoms with van der Waals surface area (Å²) in [7, 11) is 0. The summed E-state index contributed by atoms with van der Waals surface area (Å²) in [5, 5.41) is 6.01. The van der Waals surface area contributed by atoms with Crippen LogP contribution in [0.2, 0.25) is 0 Å². The number of carbonyl (C=O) groups is 1. The molecule has 2 heterocycles. The minimum Gasteiger partial charge on any atom is -0.482 e. The van der Waals surface area contributed by atoms with E-state index in [1.54, 1.807) is 18.2 Å². The minimum atomic E-state index is -0.407. The van der Waals surface area contributed by atoms with Gasteiger partial charge < -0.3 is 24.8 Å². The second-order valence-electron chi connectivity index (χ2n) is 7.24. The lowest BCUT2D eigenvalue weighted by Gasteiger charge is -2.24. The third-order valence-corrected chi connectivity index (χ3v) is 5.38. The maximum atomic E-state index is 13.8. The molecule has 3 aliphatic rings. The van der Waals surface area contributed by atoms with Gasteiger partial charge in [0.05, 0.1) is 19.3 Å². The monoisotopic (exact) mass is 364 g/mol. The van der Waals surface area contributed by atoms with Crippen LogP contribution in [0.4, 0.5) is 9.18 Å². The summed E-state index contributed by atoms with van der Waals surface area (Å²) in [5.41, 5.74) is 0. The van der Waals surface area contributed by atoms with Gasteiger partial charge in [-0.1, -0.05) is 31.4 Å². The zero-order valence-electron chi connectivity index (χ0n) is 14.7. The van der Waals surface area contributed by atoms with Crippen molar-refractivity contribution in [1.29, 1.82) is 0 Å². The Morgan fingerprint density at radius 1 is 1.04 bits per heavy atom. The summed E-state index contributed by atoms with van der Waals surface area (Å²) in [6.45, 7) is 0.677. The summed E-state index contributed by atoms with van der Waals surface area (Å²) in [5.74, 6) is -0.215. The molecule has 1 aromatic carbocycles. The molecule has 4 atom stereocenters. The largest absolute Gasteiger partial charge is 0.482 e. The number of rotatable bonds is 4. The van der Waals surface area contributed by atoms with E-state index in [1.807, 2.05) is 0 Å². The van der Waals surface area contributed by atoms with Crippen LogP contribution in [0.5, 0.6) is 5.75 Å². The van der Waals surface area contributed by atoms with Gasteiger partial charge in [0, 0.05) is 6.04 Å². The van der Waals surface area contributed by atoms with Gasteiger partial charge in [0.15, 0.2) is 17.7 Å². The molecule has 1 saturated carbocycles. The summed E-state index contributed by atoms with van der Waals surface area (Å²) in [6, 6.07) is 6.15. The third-order valence-electron chi connectivity index (χ3n) is 5.38. The Balaban J connectivity index is 1.30. The average molecular weight is 364 g/mol. The van der Waals surface area contributed by atoms with Crippen molar-refractivity contribution >= 4 is 6.03 Å². The highest BCUT2D eigenvalue weighted by Crippen LogP contribution is 2.30. The van der Waals surface area contributed by atoms with Crippen molar-refractivity contribution in [3.63, 3.8) is 0 Å². The van der Waals surface area contributed by atoms with Crippen LogP contribution in [-0.4, -0.2) is 49.6 Å². The summed E-state index contributed by atoms with van der Waals surface area (Å²) in [4.78, 5) is 12.3. The summed E-state index contributed by atoms with van der Waals surface area (Å²) >= 11 is 0. The highest BCUT2D eigenvalue weighted by molar-refractivity contribution is 5.74. The number of fused-ring (bicyclic) bond motifs is 1. The first-order valence-electron chi connectivity index (χ1n) is 9.42. The van der Waals surface area contributed by atoms with Crippen LogP contribution in [0.3, 0.4) is 0 Å². The minimum absolute atomic E-state index is 0.173. The van der Waals surface area contributed by atoms with Crippen molar-refractivity contribution in [3.05, 3.63) is 30.1 Å². The molecule has 6 nitrogen and oxygen atoms in total. The van der Waals surface area contributed by atoms with E-state index in [2.05, 4.69) is 10.6 Å². The summed E-state index contributed by atoms with van der Waals surface area (Å²) < 4.78 is 31.1.